The number of carbonyl (C=O) groups is 2. The molecule has 3 rings (SSSR count). The zero-order chi connectivity index (χ0) is 18.7. The molecular weight excluding hydrogens is 348 g/mol. The molecule has 0 radical (unpaired) electrons. The van der Waals surface area contributed by atoms with Crippen LogP contribution in [0.2, 0.25) is 5.02 Å². The third kappa shape index (κ3) is 3.75. The number of anilines is 1. The number of fused-ring (bicyclic) bond motifs is 1. The number of nitrogens with one attached hydrogen (secondary N) is 1. The van der Waals surface area contributed by atoms with Gasteiger partial charge in [-0.3, -0.25) is 9.59 Å². The molecule has 4 nitrogen and oxygen atoms in total. The maximum Gasteiger partial charge on any atom is 0.254 e. The number of nitrogens with zero attached hydrogens (tertiary/aromatic N) is 1. The summed E-state index contributed by atoms with van der Waals surface area (Å²) in [6.07, 6.45) is 3.18. The molecule has 26 heavy (non-hydrogen) atoms. The Bertz CT molecular complexity index is 835. The fourth-order valence-electron chi connectivity index (χ4n) is 3.33. The Hall–Kier alpha value is -2.33. The number of hydrogen-bond donors (Lipinski definition) is 1. The fourth-order valence-corrected chi connectivity index (χ4v) is 3.52. The van der Waals surface area contributed by atoms with Crippen molar-refractivity contribution < 1.29 is 9.59 Å². The summed E-state index contributed by atoms with van der Waals surface area (Å²) >= 11 is 6.27. The van der Waals surface area contributed by atoms with E-state index >= 15 is 0 Å². The van der Waals surface area contributed by atoms with Crippen LogP contribution < -0.4 is 10.2 Å². The van der Waals surface area contributed by atoms with Crippen LogP contribution >= 0.6 is 11.6 Å². The lowest BCUT2D eigenvalue weighted by molar-refractivity contribution is -0.126. The fraction of sp³-hybridized carbons (Fsp3) is 0.333. The first-order valence-electron chi connectivity index (χ1n) is 8.96. The molecule has 136 valence electrons. The third-order valence-corrected chi connectivity index (χ3v) is 5.03. The lowest BCUT2D eigenvalue weighted by Crippen LogP contribution is -2.36. The molecule has 5 heteroatoms. The van der Waals surface area contributed by atoms with E-state index in [0.717, 1.165) is 36.1 Å². The zero-order valence-corrected chi connectivity index (χ0v) is 15.8. The Morgan fingerprint density at radius 1 is 1.23 bits per heavy atom. The number of benzene rings is 2. The number of amides is 2. The van der Waals surface area contributed by atoms with E-state index < -0.39 is 6.04 Å². The summed E-state index contributed by atoms with van der Waals surface area (Å²) in [5, 5.41) is 3.43. The van der Waals surface area contributed by atoms with E-state index in [-0.39, 0.29) is 11.8 Å². The summed E-state index contributed by atoms with van der Waals surface area (Å²) < 4.78 is 0. The summed E-state index contributed by atoms with van der Waals surface area (Å²) in [5.74, 6) is -0.337. The van der Waals surface area contributed by atoms with Crippen molar-refractivity contribution in [3.8, 4) is 0 Å². The molecule has 1 aliphatic heterocycles. The van der Waals surface area contributed by atoms with Crippen LogP contribution in [0.5, 0.6) is 0 Å². The molecular formula is C21H23ClN2O2. The molecule has 1 N–H and O–H groups in total. The molecule has 2 aromatic carbocycles. The average Bonchev–Trinajstić information content (AvgIpc) is 2.86. The van der Waals surface area contributed by atoms with E-state index in [2.05, 4.69) is 24.4 Å². The highest BCUT2D eigenvalue weighted by Crippen LogP contribution is 2.38. The first-order valence-corrected chi connectivity index (χ1v) is 9.33. The highest BCUT2D eigenvalue weighted by Gasteiger charge is 2.38. The van der Waals surface area contributed by atoms with E-state index in [0.29, 0.717) is 11.6 Å². The summed E-state index contributed by atoms with van der Waals surface area (Å²) in [4.78, 5) is 26.3. The Kier molecular flexibility index (Phi) is 5.62. The summed E-state index contributed by atoms with van der Waals surface area (Å²) in [6, 6.07) is 13.0. The summed E-state index contributed by atoms with van der Waals surface area (Å²) in [7, 11) is 0. The molecule has 1 atom stereocenters. The average molecular weight is 371 g/mol. The topological polar surface area (TPSA) is 49.4 Å². The third-order valence-electron chi connectivity index (χ3n) is 4.66. The lowest BCUT2D eigenvalue weighted by Gasteiger charge is -2.19. The number of carbonyl (C=O) groups excluding carboxylic acids is 2. The van der Waals surface area contributed by atoms with E-state index in [1.54, 1.807) is 4.90 Å². The van der Waals surface area contributed by atoms with E-state index in [1.807, 2.05) is 30.3 Å². The van der Waals surface area contributed by atoms with Crippen molar-refractivity contribution in [1.82, 2.24) is 5.32 Å². The monoisotopic (exact) mass is 370 g/mol. The Morgan fingerprint density at radius 2 is 2.00 bits per heavy atom. The number of aryl methyl sites for hydroxylation is 1. The van der Waals surface area contributed by atoms with Crippen LogP contribution in [-0.2, 0) is 22.6 Å². The van der Waals surface area contributed by atoms with Gasteiger partial charge < -0.3 is 10.2 Å². The second-order valence-electron chi connectivity index (χ2n) is 6.65. The molecule has 0 aromatic heterocycles. The highest BCUT2D eigenvalue weighted by molar-refractivity contribution is 6.31. The number of halogens is 1. The van der Waals surface area contributed by atoms with Crippen LogP contribution in [0.4, 0.5) is 5.69 Å². The minimum atomic E-state index is -0.633. The van der Waals surface area contributed by atoms with Gasteiger partial charge in [-0.2, -0.15) is 0 Å². The van der Waals surface area contributed by atoms with Gasteiger partial charge >= 0.3 is 0 Å². The molecule has 0 saturated heterocycles. The molecule has 0 bridgehead atoms. The van der Waals surface area contributed by atoms with Gasteiger partial charge in [0.1, 0.15) is 6.04 Å². The van der Waals surface area contributed by atoms with Gasteiger partial charge in [0, 0.05) is 23.2 Å². The van der Waals surface area contributed by atoms with Crippen molar-refractivity contribution in [2.45, 2.75) is 45.7 Å². The predicted molar refractivity (Wildman–Crippen MR) is 104 cm³/mol. The maximum absolute atomic E-state index is 13.0. The quantitative estimate of drug-likeness (QED) is 0.818. The van der Waals surface area contributed by atoms with E-state index in [4.69, 9.17) is 11.6 Å². The lowest BCUT2D eigenvalue weighted by atomic mass is 10.0. The molecule has 1 aliphatic rings. The highest BCUT2D eigenvalue weighted by atomic mass is 35.5. The molecule has 0 fully saturated rings. The van der Waals surface area contributed by atoms with Gasteiger partial charge in [0.15, 0.2) is 0 Å². The smallest absolute Gasteiger partial charge is 0.254 e. The predicted octanol–water partition coefficient (Wildman–Crippen LogP) is 4.41. The van der Waals surface area contributed by atoms with Crippen LogP contribution in [0.3, 0.4) is 0 Å². The molecule has 1 heterocycles. The van der Waals surface area contributed by atoms with Crippen LogP contribution in [0.15, 0.2) is 42.5 Å². The molecule has 0 spiro atoms. The number of unbranched alkanes of at least 4 members (excludes halogenated alkanes) is 1. The van der Waals surface area contributed by atoms with Crippen LogP contribution in [0.25, 0.3) is 0 Å². The van der Waals surface area contributed by atoms with Crippen molar-refractivity contribution >= 4 is 29.1 Å². The van der Waals surface area contributed by atoms with Crippen molar-refractivity contribution in [3.05, 3.63) is 64.2 Å². The Balaban J connectivity index is 1.96. The van der Waals surface area contributed by atoms with Crippen molar-refractivity contribution in [2.24, 2.45) is 0 Å². The van der Waals surface area contributed by atoms with Crippen molar-refractivity contribution in [1.29, 1.82) is 0 Å². The summed E-state index contributed by atoms with van der Waals surface area (Å²) in [5.41, 5.74) is 3.78. The second-order valence-corrected chi connectivity index (χ2v) is 7.05. The van der Waals surface area contributed by atoms with Gasteiger partial charge in [0.25, 0.3) is 5.91 Å². The maximum atomic E-state index is 13.0. The van der Waals surface area contributed by atoms with Crippen molar-refractivity contribution in [3.63, 3.8) is 0 Å². The van der Waals surface area contributed by atoms with Gasteiger partial charge in [0.2, 0.25) is 5.91 Å². The van der Waals surface area contributed by atoms with Crippen LogP contribution in [0, 0.1) is 0 Å². The standard InChI is InChI=1S/C21H23ClN2O2/c1-3-4-7-15-10-11-19-17(12-15)20(23-14(2)25)21(26)24(19)13-16-8-5-6-9-18(16)22/h5-6,8-12,20H,3-4,7,13H2,1-2H3,(H,23,25)/t20-/m1/s1. The molecule has 0 aliphatic carbocycles. The largest absolute Gasteiger partial charge is 0.341 e. The van der Waals surface area contributed by atoms with Crippen LogP contribution in [0.1, 0.15) is 49.4 Å². The molecule has 2 amide bonds. The minimum absolute atomic E-state index is 0.122. The van der Waals surface area contributed by atoms with E-state index in [1.165, 1.54) is 12.5 Å². The molecule has 0 unspecified atom stereocenters. The second kappa shape index (κ2) is 7.92. The first kappa shape index (κ1) is 18.5. The minimum Gasteiger partial charge on any atom is -0.341 e. The zero-order valence-electron chi connectivity index (χ0n) is 15.1. The van der Waals surface area contributed by atoms with Gasteiger partial charge in [0.05, 0.1) is 6.54 Å². The molecule has 0 saturated carbocycles. The van der Waals surface area contributed by atoms with Crippen LogP contribution in [-0.4, -0.2) is 11.8 Å². The van der Waals surface area contributed by atoms with Crippen molar-refractivity contribution in [2.75, 3.05) is 4.90 Å². The number of hydrogen-bond acceptors (Lipinski definition) is 2. The van der Waals surface area contributed by atoms with Gasteiger partial charge in [-0.25, -0.2) is 0 Å². The van der Waals surface area contributed by atoms with Gasteiger partial charge in [-0.15, -0.1) is 0 Å². The molecule has 2 aromatic rings. The number of rotatable bonds is 6. The Labute approximate surface area is 159 Å². The van der Waals surface area contributed by atoms with Gasteiger partial charge in [-0.1, -0.05) is 55.3 Å². The van der Waals surface area contributed by atoms with Gasteiger partial charge in [-0.05, 0) is 36.1 Å². The summed E-state index contributed by atoms with van der Waals surface area (Å²) in [6.45, 7) is 3.98. The Morgan fingerprint density at radius 3 is 2.69 bits per heavy atom. The normalized spacial score (nSPS) is 15.9. The first-order chi connectivity index (χ1) is 12.5. The van der Waals surface area contributed by atoms with E-state index in [9.17, 15) is 9.59 Å². The SMILES string of the molecule is CCCCc1ccc2c(c1)[C@@H](NC(C)=O)C(=O)N2Cc1ccccc1Cl.